The fourth-order valence-electron chi connectivity index (χ4n) is 4.40. The van der Waals surface area contributed by atoms with Crippen LogP contribution in [0.1, 0.15) is 53.1 Å². The van der Waals surface area contributed by atoms with Gasteiger partial charge in [-0.1, -0.05) is 6.07 Å². The van der Waals surface area contributed by atoms with Gasteiger partial charge in [0.15, 0.2) is 0 Å². The summed E-state index contributed by atoms with van der Waals surface area (Å²) in [5, 5.41) is 9.43. The molecule has 0 amide bonds. The molecule has 170 valence electrons. The van der Waals surface area contributed by atoms with Gasteiger partial charge in [0.2, 0.25) is 0 Å². The van der Waals surface area contributed by atoms with Crippen molar-refractivity contribution < 1.29 is 19.4 Å². The van der Waals surface area contributed by atoms with E-state index in [0.29, 0.717) is 30.6 Å². The van der Waals surface area contributed by atoms with Gasteiger partial charge in [-0.3, -0.25) is 4.98 Å². The summed E-state index contributed by atoms with van der Waals surface area (Å²) in [5.41, 5.74) is 4.45. The summed E-state index contributed by atoms with van der Waals surface area (Å²) in [6.07, 6.45) is 8.37. The highest BCUT2D eigenvalue weighted by atomic mass is 16.5. The molecule has 1 fully saturated rings. The van der Waals surface area contributed by atoms with E-state index in [1.54, 1.807) is 12.3 Å². The van der Waals surface area contributed by atoms with Crippen LogP contribution in [0.4, 0.5) is 11.4 Å². The minimum atomic E-state index is -0.903. The van der Waals surface area contributed by atoms with Crippen molar-refractivity contribution in [2.75, 3.05) is 18.6 Å². The number of aryl methyl sites for hydroxylation is 1. The number of hydrogen-bond donors (Lipinski definition) is 1. The lowest BCUT2D eigenvalue weighted by molar-refractivity contribution is 0.0695. The van der Waals surface area contributed by atoms with Crippen molar-refractivity contribution in [3.05, 3.63) is 77.6 Å². The molecule has 6 nitrogen and oxygen atoms in total. The molecule has 1 saturated carbocycles. The van der Waals surface area contributed by atoms with E-state index in [1.807, 2.05) is 12.1 Å². The molecular formula is C27H28N2O4. The second-order valence-corrected chi connectivity index (χ2v) is 8.80. The third-order valence-corrected chi connectivity index (χ3v) is 6.50. The number of hydrogen-bond acceptors (Lipinski definition) is 5. The van der Waals surface area contributed by atoms with Crippen LogP contribution in [-0.2, 0) is 6.42 Å². The van der Waals surface area contributed by atoms with Gasteiger partial charge in [-0.15, -0.1) is 0 Å². The minimum Gasteiger partial charge on any atom is -0.493 e. The van der Waals surface area contributed by atoms with Gasteiger partial charge >= 0.3 is 5.97 Å². The summed E-state index contributed by atoms with van der Waals surface area (Å²) in [4.78, 5) is 17.8. The smallest absolute Gasteiger partial charge is 0.336 e. The highest BCUT2D eigenvalue weighted by Gasteiger charge is 2.24. The van der Waals surface area contributed by atoms with Crippen LogP contribution < -0.4 is 14.4 Å². The Morgan fingerprint density at radius 1 is 1.12 bits per heavy atom. The topological polar surface area (TPSA) is 71.9 Å². The second kappa shape index (κ2) is 9.14. The average molecular weight is 445 g/mol. The van der Waals surface area contributed by atoms with Crippen LogP contribution in [-0.4, -0.2) is 35.8 Å². The molecule has 3 aromatic rings. The Bertz CT molecular complexity index is 1140. The van der Waals surface area contributed by atoms with Gasteiger partial charge in [-0.25, -0.2) is 4.79 Å². The number of carboxylic acid groups (broad SMARTS) is 1. The Labute approximate surface area is 193 Å². The highest BCUT2D eigenvalue weighted by Crippen LogP contribution is 2.40. The lowest BCUT2D eigenvalue weighted by Crippen LogP contribution is -2.17. The first-order valence-electron chi connectivity index (χ1n) is 11.5. The lowest BCUT2D eigenvalue weighted by Gasteiger charge is -2.28. The maximum absolute atomic E-state index is 11.5. The Kier molecular flexibility index (Phi) is 5.90. The number of aromatic nitrogens is 1. The fourth-order valence-corrected chi connectivity index (χ4v) is 4.40. The number of fused-ring (bicyclic) bond motifs is 1. The maximum Gasteiger partial charge on any atom is 0.336 e. The number of pyridine rings is 1. The number of nitrogens with zero attached hydrogens (tertiary/aromatic N) is 2. The predicted octanol–water partition coefficient (Wildman–Crippen LogP) is 5.59. The zero-order valence-corrected chi connectivity index (χ0v) is 18.7. The van der Waals surface area contributed by atoms with Gasteiger partial charge in [0.25, 0.3) is 0 Å². The number of rotatable bonds is 8. The van der Waals surface area contributed by atoms with Gasteiger partial charge in [-0.2, -0.15) is 0 Å². The van der Waals surface area contributed by atoms with E-state index in [0.717, 1.165) is 54.1 Å². The van der Waals surface area contributed by atoms with Gasteiger partial charge in [0, 0.05) is 36.9 Å². The van der Waals surface area contributed by atoms with Crippen molar-refractivity contribution >= 4 is 17.3 Å². The Morgan fingerprint density at radius 3 is 2.67 bits per heavy atom. The van der Waals surface area contributed by atoms with E-state index in [2.05, 4.69) is 47.3 Å². The van der Waals surface area contributed by atoms with Crippen molar-refractivity contribution in [1.29, 1.82) is 0 Å². The van der Waals surface area contributed by atoms with Crippen molar-refractivity contribution in [3.8, 4) is 11.5 Å². The fraction of sp³-hybridized carbons (Fsp3) is 0.333. The van der Waals surface area contributed by atoms with E-state index in [9.17, 15) is 9.90 Å². The number of ether oxygens (including phenoxy) is 2. The standard InChI is InChI=1S/C27H28N2O4/c1-29(20-4-7-22(8-5-20)33-23-9-10-23)21-6-11-24-18(13-15-32-26(24)16-21)2-3-19-17-28-14-12-25(19)27(30)31/h4-8,11-12,14,16-18,23H,2-3,9-10,13,15H2,1H3,(H,30,31)/t18-/m1/s1. The zero-order valence-electron chi connectivity index (χ0n) is 18.7. The summed E-state index contributed by atoms with van der Waals surface area (Å²) in [7, 11) is 2.05. The predicted molar refractivity (Wildman–Crippen MR) is 127 cm³/mol. The average Bonchev–Trinajstić information content (AvgIpc) is 3.66. The van der Waals surface area contributed by atoms with Crippen molar-refractivity contribution in [2.24, 2.45) is 0 Å². The molecule has 1 aliphatic carbocycles. The summed E-state index contributed by atoms with van der Waals surface area (Å²) in [6.45, 7) is 0.664. The normalized spacial score (nSPS) is 17.1. The van der Waals surface area contributed by atoms with Gasteiger partial charge < -0.3 is 19.5 Å². The number of carbonyl (C=O) groups is 1. The van der Waals surface area contributed by atoms with Crippen LogP contribution in [0, 0.1) is 0 Å². The van der Waals surface area contributed by atoms with E-state index >= 15 is 0 Å². The summed E-state index contributed by atoms with van der Waals surface area (Å²) in [6, 6.07) is 16.2. The van der Waals surface area contributed by atoms with Crippen molar-refractivity contribution in [3.63, 3.8) is 0 Å². The van der Waals surface area contributed by atoms with Crippen LogP contribution in [0.15, 0.2) is 60.9 Å². The first kappa shape index (κ1) is 21.3. The quantitative estimate of drug-likeness (QED) is 0.488. The van der Waals surface area contributed by atoms with Crippen molar-refractivity contribution in [2.45, 2.75) is 44.1 Å². The van der Waals surface area contributed by atoms with Crippen molar-refractivity contribution in [1.82, 2.24) is 4.98 Å². The van der Waals surface area contributed by atoms with E-state index in [4.69, 9.17) is 9.47 Å². The Morgan fingerprint density at radius 2 is 1.91 bits per heavy atom. The highest BCUT2D eigenvalue weighted by molar-refractivity contribution is 5.89. The Balaban J connectivity index is 1.29. The molecule has 1 atom stereocenters. The first-order valence-corrected chi connectivity index (χ1v) is 11.5. The van der Waals surface area contributed by atoms with Crippen LogP contribution in [0.5, 0.6) is 11.5 Å². The molecule has 2 aromatic carbocycles. The zero-order chi connectivity index (χ0) is 22.8. The molecule has 0 unspecified atom stereocenters. The van der Waals surface area contributed by atoms with Crippen LogP contribution in [0.2, 0.25) is 0 Å². The molecule has 2 heterocycles. The second-order valence-electron chi connectivity index (χ2n) is 8.80. The molecule has 2 aliphatic rings. The molecule has 0 saturated heterocycles. The third kappa shape index (κ3) is 4.80. The Hall–Kier alpha value is -3.54. The molecule has 1 N–H and O–H groups in total. The van der Waals surface area contributed by atoms with Crippen LogP contribution in [0.3, 0.4) is 0 Å². The summed E-state index contributed by atoms with van der Waals surface area (Å²) < 4.78 is 11.9. The summed E-state index contributed by atoms with van der Waals surface area (Å²) in [5.74, 6) is 1.26. The minimum absolute atomic E-state index is 0.328. The third-order valence-electron chi connectivity index (χ3n) is 6.50. The molecule has 0 spiro atoms. The first-order chi connectivity index (χ1) is 16.1. The molecular weight excluding hydrogens is 416 g/mol. The lowest BCUT2D eigenvalue weighted by atomic mass is 9.87. The number of carboxylic acids is 1. The molecule has 6 heteroatoms. The largest absolute Gasteiger partial charge is 0.493 e. The molecule has 0 bridgehead atoms. The molecule has 33 heavy (non-hydrogen) atoms. The molecule has 5 rings (SSSR count). The van der Waals surface area contributed by atoms with Gasteiger partial charge in [0.05, 0.1) is 18.3 Å². The molecule has 0 radical (unpaired) electrons. The SMILES string of the molecule is CN(c1ccc(OC2CC2)cc1)c1ccc2c(c1)OCC[C@H]2CCc1cnccc1C(=O)O. The van der Waals surface area contributed by atoms with Gasteiger partial charge in [0.1, 0.15) is 11.5 Å². The number of aromatic carboxylic acids is 1. The molecule has 1 aliphatic heterocycles. The maximum atomic E-state index is 11.5. The van der Waals surface area contributed by atoms with Crippen LogP contribution >= 0.6 is 0 Å². The van der Waals surface area contributed by atoms with E-state index in [-0.39, 0.29) is 0 Å². The summed E-state index contributed by atoms with van der Waals surface area (Å²) >= 11 is 0. The van der Waals surface area contributed by atoms with E-state index < -0.39 is 5.97 Å². The van der Waals surface area contributed by atoms with E-state index in [1.165, 1.54) is 11.8 Å². The monoisotopic (exact) mass is 444 g/mol. The van der Waals surface area contributed by atoms with Gasteiger partial charge in [-0.05, 0) is 85.5 Å². The number of anilines is 2. The number of benzene rings is 2. The van der Waals surface area contributed by atoms with Crippen LogP contribution in [0.25, 0.3) is 0 Å². The molecule has 1 aromatic heterocycles.